The Hall–Kier alpha value is -1.81. The summed E-state index contributed by atoms with van der Waals surface area (Å²) in [6.45, 7) is 0.539. The van der Waals surface area contributed by atoms with Crippen molar-refractivity contribution >= 4 is 27.5 Å². The molecule has 0 heterocycles. The molecule has 0 aliphatic heterocycles. The molecule has 0 spiro atoms. The van der Waals surface area contributed by atoms with E-state index in [1.165, 1.54) is 0 Å². The van der Waals surface area contributed by atoms with Gasteiger partial charge in [-0.25, -0.2) is 0 Å². The Bertz CT molecular complexity index is 663. The number of carbonyl (C=O) groups is 1. The molecule has 0 aromatic heterocycles. The quantitative estimate of drug-likeness (QED) is 0.835. The second kappa shape index (κ2) is 5.53. The zero-order valence-electron chi connectivity index (χ0n) is 11.6. The summed E-state index contributed by atoms with van der Waals surface area (Å²) in [5, 5.41) is 3.06. The molecule has 1 amide bonds. The smallest absolute Gasteiger partial charge is 0.230 e. The van der Waals surface area contributed by atoms with Crippen molar-refractivity contribution in [3.63, 3.8) is 0 Å². The molecule has 0 unspecified atom stereocenters. The van der Waals surface area contributed by atoms with Gasteiger partial charge in [-0.05, 0) is 42.2 Å². The van der Waals surface area contributed by atoms with Crippen molar-refractivity contribution in [3.05, 3.63) is 64.1 Å². The SMILES string of the molecule is Nc1ccc(C2(C(=O)NCc3ccccc3Br)CC2)cc1. The normalized spacial score (nSPS) is 15.5. The molecule has 1 aliphatic carbocycles. The zero-order chi connectivity index (χ0) is 14.9. The van der Waals surface area contributed by atoms with Gasteiger partial charge in [-0.1, -0.05) is 46.3 Å². The van der Waals surface area contributed by atoms with E-state index in [1.54, 1.807) is 0 Å². The summed E-state index contributed by atoms with van der Waals surface area (Å²) in [4.78, 5) is 12.5. The van der Waals surface area contributed by atoms with E-state index in [2.05, 4.69) is 21.2 Å². The molecule has 0 saturated heterocycles. The van der Waals surface area contributed by atoms with Gasteiger partial charge in [0.2, 0.25) is 5.91 Å². The maximum absolute atomic E-state index is 12.5. The van der Waals surface area contributed by atoms with Crippen LogP contribution in [-0.4, -0.2) is 5.91 Å². The van der Waals surface area contributed by atoms with E-state index in [0.29, 0.717) is 6.54 Å². The number of benzene rings is 2. The van der Waals surface area contributed by atoms with Crippen LogP contribution in [0.5, 0.6) is 0 Å². The Balaban J connectivity index is 1.71. The van der Waals surface area contributed by atoms with Crippen molar-refractivity contribution in [1.82, 2.24) is 5.32 Å². The lowest BCUT2D eigenvalue weighted by atomic mass is 9.94. The first-order valence-electron chi connectivity index (χ1n) is 6.99. The van der Waals surface area contributed by atoms with E-state index < -0.39 is 0 Å². The molecule has 3 rings (SSSR count). The van der Waals surface area contributed by atoms with Crippen LogP contribution in [0.4, 0.5) is 5.69 Å². The fourth-order valence-corrected chi connectivity index (χ4v) is 2.99. The standard InChI is InChI=1S/C17H17BrN2O/c18-15-4-2-1-3-12(15)11-20-16(21)17(9-10-17)13-5-7-14(19)8-6-13/h1-8H,9-11,19H2,(H,20,21). The first kappa shape index (κ1) is 14.1. The van der Waals surface area contributed by atoms with Gasteiger partial charge in [-0.15, -0.1) is 0 Å². The Morgan fingerprint density at radius 2 is 1.81 bits per heavy atom. The van der Waals surface area contributed by atoms with Gasteiger partial charge < -0.3 is 11.1 Å². The van der Waals surface area contributed by atoms with Crippen LogP contribution in [0.2, 0.25) is 0 Å². The number of halogens is 1. The first-order chi connectivity index (χ1) is 10.1. The molecule has 0 atom stereocenters. The highest BCUT2D eigenvalue weighted by Gasteiger charge is 2.50. The van der Waals surface area contributed by atoms with Crippen molar-refractivity contribution in [2.24, 2.45) is 0 Å². The molecule has 4 heteroatoms. The number of hydrogen-bond donors (Lipinski definition) is 2. The van der Waals surface area contributed by atoms with Crippen LogP contribution in [0, 0.1) is 0 Å². The molecule has 3 N–H and O–H groups in total. The van der Waals surface area contributed by atoms with Crippen LogP contribution >= 0.6 is 15.9 Å². The van der Waals surface area contributed by atoms with Gasteiger partial charge in [0.1, 0.15) is 0 Å². The van der Waals surface area contributed by atoms with Crippen molar-refractivity contribution in [1.29, 1.82) is 0 Å². The van der Waals surface area contributed by atoms with Crippen molar-refractivity contribution in [2.45, 2.75) is 24.8 Å². The summed E-state index contributed by atoms with van der Waals surface area (Å²) >= 11 is 3.50. The molecule has 108 valence electrons. The van der Waals surface area contributed by atoms with Crippen LogP contribution < -0.4 is 11.1 Å². The summed E-state index contributed by atoms with van der Waals surface area (Å²) in [5.41, 5.74) is 8.22. The van der Waals surface area contributed by atoms with Crippen molar-refractivity contribution in [3.8, 4) is 0 Å². The van der Waals surface area contributed by atoms with E-state index in [4.69, 9.17) is 5.73 Å². The minimum atomic E-state index is -0.352. The fourth-order valence-electron chi connectivity index (χ4n) is 2.56. The Kier molecular flexibility index (Phi) is 3.72. The lowest BCUT2D eigenvalue weighted by Crippen LogP contribution is -2.34. The third-order valence-corrected chi connectivity index (χ3v) is 4.82. The predicted octanol–water partition coefficient (Wildman–Crippen LogP) is 3.38. The number of hydrogen-bond acceptors (Lipinski definition) is 2. The summed E-state index contributed by atoms with van der Waals surface area (Å²) in [7, 11) is 0. The Morgan fingerprint density at radius 1 is 1.14 bits per heavy atom. The maximum atomic E-state index is 12.5. The molecule has 1 saturated carbocycles. The van der Waals surface area contributed by atoms with Crippen LogP contribution in [0.1, 0.15) is 24.0 Å². The summed E-state index contributed by atoms with van der Waals surface area (Å²) in [6.07, 6.45) is 1.80. The van der Waals surface area contributed by atoms with E-state index in [-0.39, 0.29) is 11.3 Å². The molecular formula is C17H17BrN2O. The third kappa shape index (κ3) is 2.81. The van der Waals surface area contributed by atoms with E-state index >= 15 is 0 Å². The highest BCUT2D eigenvalue weighted by molar-refractivity contribution is 9.10. The largest absolute Gasteiger partial charge is 0.399 e. The number of carbonyl (C=O) groups excluding carboxylic acids is 1. The zero-order valence-corrected chi connectivity index (χ0v) is 13.2. The van der Waals surface area contributed by atoms with Crippen LogP contribution in [0.3, 0.4) is 0 Å². The molecule has 2 aromatic rings. The molecule has 0 radical (unpaired) electrons. The number of anilines is 1. The average molecular weight is 345 g/mol. The Morgan fingerprint density at radius 3 is 2.43 bits per heavy atom. The molecule has 2 aromatic carbocycles. The maximum Gasteiger partial charge on any atom is 0.230 e. The van der Waals surface area contributed by atoms with Crippen molar-refractivity contribution < 1.29 is 4.79 Å². The number of rotatable bonds is 4. The van der Waals surface area contributed by atoms with E-state index in [1.807, 2.05) is 48.5 Å². The number of nitrogen functional groups attached to an aromatic ring is 1. The van der Waals surface area contributed by atoms with Crippen LogP contribution in [0.15, 0.2) is 53.0 Å². The molecular weight excluding hydrogens is 328 g/mol. The highest BCUT2D eigenvalue weighted by atomic mass is 79.9. The van der Waals surface area contributed by atoms with Gasteiger partial charge in [-0.3, -0.25) is 4.79 Å². The number of nitrogens with one attached hydrogen (secondary N) is 1. The highest BCUT2D eigenvalue weighted by Crippen LogP contribution is 2.48. The third-order valence-electron chi connectivity index (χ3n) is 4.05. The first-order valence-corrected chi connectivity index (χ1v) is 7.79. The fraction of sp³-hybridized carbons (Fsp3) is 0.235. The van der Waals surface area contributed by atoms with Crippen LogP contribution in [0.25, 0.3) is 0 Å². The average Bonchev–Trinajstić information content (AvgIpc) is 3.28. The van der Waals surface area contributed by atoms with Crippen LogP contribution in [-0.2, 0) is 16.8 Å². The monoisotopic (exact) mass is 344 g/mol. The number of nitrogens with two attached hydrogens (primary N) is 1. The summed E-state index contributed by atoms with van der Waals surface area (Å²) in [5.74, 6) is 0.100. The predicted molar refractivity (Wildman–Crippen MR) is 87.8 cm³/mol. The van der Waals surface area contributed by atoms with Gasteiger partial charge in [0.25, 0.3) is 0 Å². The van der Waals surface area contributed by atoms with E-state index in [9.17, 15) is 4.79 Å². The van der Waals surface area contributed by atoms with E-state index in [0.717, 1.165) is 34.1 Å². The summed E-state index contributed by atoms with van der Waals surface area (Å²) < 4.78 is 1.02. The van der Waals surface area contributed by atoms with Gasteiger partial charge >= 0.3 is 0 Å². The van der Waals surface area contributed by atoms with Gasteiger partial charge in [0, 0.05) is 16.7 Å². The summed E-state index contributed by atoms with van der Waals surface area (Å²) in [6, 6.07) is 15.6. The van der Waals surface area contributed by atoms with Gasteiger partial charge in [0.15, 0.2) is 0 Å². The van der Waals surface area contributed by atoms with Gasteiger partial charge in [0.05, 0.1) is 5.41 Å². The topological polar surface area (TPSA) is 55.1 Å². The van der Waals surface area contributed by atoms with Gasteiger partial charge in [-0.2, -0.15) is 0 Å². The lowest BCUT2D eigenvalue weighted by molar-refractivity contribution is -0.123. The number of amides is 1. The van der Waals surface area contributed by atoms with Crippen molar-refractivity contribution in [2.75, 3.05) is 5.73 Å². The molecule has 3 nitrogen and oxygen atoms in total. The minimum Gasteiger partial charge on any atom is -0.399 e. The molecule has 21 heavy (non-hydrogen) atoms. The second-order valence-electron chi connectivity index (χ2n) is 5.48. The molecule has 1 aliphatic rings. The second-order valence-corrected chi connectivity index (χ2v) is 6.33. The lowest BCUT2D eigenvalue weighted by Gasteiger charge is -2.16. The molecule has 1 fully saturated rings. The minimum absolute atomic E-state index is 0.100. The Labute approximate surface area is 132 Å². The molecule has 0 bridgehead atoms.